The summed E-state index contributed by atoms with van der Waals surface area (Å²) in [5.41, 5.74) is -0.231. The molecule has 2 heterocycles. The Labute approximate surface area is 329 Å². The molecule has 14 heteroatoms. The zero-order valence-electron chi connectivity index (χ0n) is 29.2. The van der Waals surface area contributed by atoms with Crippen molar-refractivity contribution in [3.8, 4) is 11.5 Å². The molecule has 0 radical (unpaired) electrons. The van der Waals surface area contributed by atoms with Crippen LogP contribution in [-0.2, 0) is 19.1 Å². The van der Waals surface area contributed by atoms with Gasteiger partial charge in [0.1, 0.15) is 5.60 Å². The summed E-state index contributed by atoms with van der Waals surface area (Å²) in [6.07, 6.45) is -0.517. The molecule has 2 aliphatic rings. The first kappa shape index (κ1) is 39.6. The van der Waals surface area contributed by atoms with Gasteiger partial charge in [-0.1, -0.05) is 0 Å². The number of fused-ring (bicyclic) bond motifs is 1. The number of phenols is 2. The molecule has 11 nitrogen and oxygen atoms in total. The maximum absolute atomic E-state index is 13.9. The van der Waals surface area contributed by atoms with Crippen LogP contribution in [0, 0.1) is 0 Å². The first-order valence-electron chi connectivity index (χ1n) is 16.7. The molecule has 3 amide bonds. The standard InChI is InChI=1S/C39H40N3O8PS.HI/c1-39(2,3)50-38(49)41-31(24-19-20-29(43)30(44)21-24)34(45)40-32-35(46)42-33(37(47)48)25(23-52-36(32)42)22-51(26-13-7-4-8-14-26,27-15-9-5-10-16-27)28-17-11-6-12-18-28;/h4-21,31-32,36,43-44,51H,22-23H2,1-3H3,(H,40,45)(H,41,49)(H,47,48);1H/t31?,32-,36+;/m1./s1. The summed E-state index contributed by atoms with van der Waals surface area (Å²) >= 11 is 1.36. The molecule has 0 bridgehead atoms. The van der Waals surface area contributed by atoms with Crippen molar-refractivity contribution in [2.75, 3.05) is 11.9 Å². The summed E-state index contributed by atoms with van der Waals surface area (Å²) in [5.74, 6) is -3.26. The Morgan fingerprint density at radius 3 is 1.87 bits per heavy atom. The number of aromatic hydroxyl groups is 2. The van der Waals surface area contributed by atoms with Gasteiger partial charge in [-0.25, -0.2) is 0 Å². The number of hydrogen-bond acceptors (Lipinski definition) is 8. The molecule has 3 atom stereocenters. The van der Waals surface area contributed by atoms with Gasteiger partial charge < -0.3 is 10.2 Å². The van der Waals surface area contributed by atoms with E-state index >= 15 is 0 Å². The third-order valence-corrected chi connectivity index (χ3v) is 15.3. The molecular weight excluding hydrogens is 828 g/mol. The van der Waals surface area contributed by atoms with Gasteiger partial charge in [0.15, 0.2) is 5.75 Å². The van der Waals surface area contributed by atoms with Crippen LogP contribution in [0.3, 0.4) is 0 Å². The fraction of sp³-hybridized carbons (Fsp3) is 0.231. The number of β-lactam (4-membered cyclic amide) rings is 1. The number of ether oxygens (including phenoxy) is 1. The maximum Gasteiger partial charge on any atom is -0.107 e. The van der Waals surface area contributed by atoms with Gasteiger partial charge in [0, 0.05) is 0 Å². The summed E-state index contributed by atoms with van der Waals surface area (Å²) in [7, 11) is -2.92. The molecule has 1 saturated heterocycles. The van der Waals surface area contributed by atoms with Crippen LogP contribution >= 0.6 is 43.0 Å². The third kappa shape index (κ3) is 8.17. The van der Waals surface area contributed by atoms with Crippen LogP contribution in [0.25, 0.3) is 0 Å². The number of carboxylic acids is 1. The number of carboxylic acid groups (broad SMARTS) is 1. The van der Waals surface area contributed by atoms with Crippen molar-refractivity contribution in [2.45, 2.75) is 43.8 Å². The summed E-state index contributed by atoms with van der Waals surface area (Å²) in [4.78, 5) is 54.7. The van der Waals surface area contributed by atoms with E-state index in [1.54, 1.807) is 20.8 Å². The number of amides is 3. The average Bonchev–Trinajstić information content (AvgIpc) is 3.13. The Hall–Kier alpha value is -4.59. The van der Waals surface area contributed by atoms with Gasteiger partial charge in [0.2, 0.25) is 0 Å². The SMILES string of the molecule is CC(C)(C)OC(=O)NC(C(=O)N[C@@H]1C(=O)N2C(C(=O)O)=C(C[PH](c3ccccc3)(c3ccccc3)c3ccccc3)CS[C@@H]12)c1ccc(O)c(O)c1.I. The average molecular weight is 870 g/mol. The van der Waals surface area contributed by atoms with E-state index in [4.69, 9.17) is 4.74 Å². The Morgan fingerprint density at radius 1 is 0.868 bits per heavy atom. The molecule has 2 aliphatic heterocycles. The number of rotatable bonds is 10. The number of benzene rings is 4. The van der Waals surface area contributed by atoms with Crippen molar-refractivity contribution >= 4 is 82.8 Å². The second-order valence-electron chi connectivity index (χ2n) is 13.7. The van der Waals surface area contributed by atoms with Crippen molar-refractivity contribution < 1.29 is 39.2 Å². The molecule has 278 valence electrons. The number of nitrogens with zero attached hydrogens (tertiary/aromatic N) is 1. The first-order chi connectivity index (χ1) is 24.8. The van der Waals surface area contributed by atoms with E-state index in [1.807, 2.05) is 54.6 Å². The number of halogens is 1. The number of nitrogens with one attached hydrogen (secondary N) is 2. The number of carbonyl (C=O) groups excluding carboxylic acids is 3. The van der Waals surface area contributed by atoms with Crippen LogP contribution in [0.2, 0.25) is 0 Å². The number of thioether (sulfide) groups is 1. The molecule has 1 unspecified atom stereocenters. The zero-order chi connectivity index (χ0) is 37.2. The van der Waals surface area contributed by atoms with Crippen LogP contribution < -0.4 is 26.5 Å². The second-order valence-corrected chi connectivity index (χ2v) is 18.7. The molecular formula is C39H41IN3O8PS. The van der Waals surface area contributed by atoms with Gasteiger partial charge in [-0.3, -0.25) is 0 Å². The molecule has 53 heavy (non-hydrogen) atoms. The van der Waals surface area contributed by atoms with E-state index in [-0.39, 0.29) is 35.2 Å². The molecule has 4 aromatic rings. The van der Waals surface area contributed by atoms with Crippen LogP contribution in [0.5, 0.6) is 11.5 Å². The normalized spacial score (nSPS) is 17.7. The number of alkyl carbamates (subject to hydrolysis) is 1. The number of carbonyl (C=O) groups is 4. The van der Waals surface area contributed by atoms with E-state index in [0.29, 0.717) is 17.5 Å². The molecule has 0 aliphatic carbocycles. The summed E-state index contributed by atoms with van der Waals surface area (Å²) in [6.45, 7) is 4.97. The Balaban J connectivity index is 0.00000541. The molecule has 5 N–H and O–H groups in total. The van der Waals surface area contributed by atoms with E-state index in [0.717, 1.165) is 22.0 Å². The summed E-state index contributed by atoms with van der Waals surface area (Å²) < 4.78 is 5.34. The summed E-state index contributed by atoms with van der Waals surface area (Å²) in [5, 5.41) is 38.4. The number of phenolic OH excluding ortho intramolecular Hbond substituents is 2. The topological polar surface area (TPSA) is 166 Å². The first-order valence-corrected chi connectivity index (χ1v) is 19.9. The molecule has 1 fully saturated rings. The Kier molecular flexibility index (Phi) is 12.1. The van der Waals surface area contributed by atoms with Crippen LogP contribution in [0.1, 0.15) is 32.4 Å². The van der Waals surface area contributed by atoms with E-state index in [9.17, 15) is 34.5 Å². The maximum atomic E-state index is 13.9. The molecule has 0 saturated carbocycles. The minimum atomic E-state index is -2.92. The number of aliphatic carboxylic acids is 1. The predicted molar refractivity (Wildman–Crippen MR) is 218 cm³/mol. The minimum absolute atomic E-state index is 0. The zero-order valence-corrected chi connectivity index (χ0v) is 33.3. The molecule has 0 aromatic heterocycles. The van der Waals surface area contributed by atoms with Gasteiger partial charge in [0.05, 0.1) is 0 Å². The van der Waals surface area contributed by atoms with Gasteiger partial charge in [-0.15, -0.1) is 24.0 Å². The van der Waals surface area contributed by atoms with Crippen molar-refractivity contribution in [3.63, 3.8) is 0 Å². The quantitative estimate of drug-likeness (QED) is 0.0656. The second kappa shape index (κ2) is 16.2. The summed E-state index contributed by atoms with van der Waals surface area (Å²) in [6, 6.07) is 31.4. The van der Waals surface area contributed by atoms with Gasteiger partial charge in [-0.2, -0.15) is 0 Å². The van der Waals surface area contributed by atoms with Gasteiger partial charge in [0.25, 0.3) is 0 Å². The smallest absolute Gasteiger partial charge is 0.107 e. The fourth-order valence-electron chi connectivity index (χ4n) is 6.80. The largest absolute Gasteiger partial charge is 0.107 e. The monoisotopic (exact) mass is 869 g/mol. The molecule has 4 aromatic carbocycles. The van der Waals surface area contributed by atoms with Gasteiger partial charge in [-0.05, 0) is 20.8 Å². The fourth-order valence-corrected chi connectivity index (χ4v) is 13.2. The van der Waals surface area contributed by atoms with E-state index in [1.165, 1.54) is 28.8 Å². The Bertz CT molecular complexity index is 1930. The van der Waals surface area contributed by atoms with E-state index < -0.39 is 65.7 Å². The predicted octanol–water partition coefficient (Wildman–Crippen LogP) is 4.75. The van der Waals surface area contributed by atoms with Crippen LogP contribution in [-0.4, -0.2) is 73.0 Å². The minimum Gasteiger partial charge on any atom is -0.107 e. The van der Waals surface area contributed by atoms with Crippen molar-refractivity contribution in [1.82, 2.24) is 15.5 Å². The molecule has 6 rings (SSSR count). The van der Waals surface area contributed by atoms with E-state index in [2.05, 4.69) is 47.0 Å². The van der Waals surface area contributed by atoms with Gasteiger partial charge >= 0.3 is 265 Å². The Morgan fingerprint density at radius 2 is 1.40 bits per heavy atom. The number of hydrogen-bond donors (Lipinski definition) is 5. The molecule has 0 spiro atoms. The van der Waals surface area contributed by atoms with Crippen LogP contribution in [0.15, 0.2) is 120 Å². The van der Waals surface area contributed by atoms with Crippen molar-refractivity contribution in [1.29, 1.82) is 0 Å². The van der Waals surface area contributed by atoms with Crippen molar-refractivity contribution in [2.24, 2.45) is 0 Å². The third-order valence-electron chi connectivity index (χ3n) is 9.08. The van der Waals surface area contributed by atoms with Crippen molar-refractivity contribution in [3.05, 3.63) is 126 Å². The van der Waals surface area contributed by atoms with Crippen LogP contribution in [0.4, 0.5) is 4.79 Å².